The Morgan fingerprint density at radius 2 is 1.57 bits per heavy atom. The molecule has 0 aliphatic rings. The number of rotatable bonds is 9. The quantitative estimate of drug-likeness (QED) is 0.517. The average Bonchev–Trinajstić information content (AvgIpc) is 2.79. The van der Waals surface area contributed by atoms with Crippen molar-refractivity contribution in [1.29, 1.82) is 0 Å². The molecule has 0 bridgehead atoms. The van der Waals surface area contributed by atoms with Gasteiger partial charge in [0.15, 0.2) is 0 Å². The number of carbonyl (C=O) groups is 1. The highest BCUT2D eigenvalue weighted by atomic mass is 32.2. The molecule has 1 amide bonds. The summed E-state index contributed by atoms with van der Waals surface area (Å²) in [5.41, 5.74) is 1.64. The van der Waals surface area contributed by atoms with Crippen LogP contribution in [-0.4, -0.2) is 32.6 Å². The Morgan fingerprint density at radius 3 is 2.23 bits per heavy atom. The van der Waals surface area contributed by atoms with E-state index in [0.717, 1.165) is 5.56 Å². The second kappa shape index (κ2) is 10.0. The number of aliphatic hydroxyl groups is 1. The lowest BCUT2D eigenvalue weighted by molar-refractivity contribution is 0.0951. The molecule has 0 aromatic heterocycles. The normalized spacial score (nSPS) is 11.1. The van der Waals surface area contributed by atoms with Crippen molar-refractivity contribution in [2.45, 2.75) is 17.9 Å². The van der Waals surface area contributed by atoms with Gasteiger partial charge in [0.1, 0.15) is 0 Å². The number of para-hydroxylation sites is 1. The number of aliphatic hydroxyl groups excluding tert-OH is 1. The Balaban J connectivity index is 1.95. The molecule has 0 radical (unpaired) electrons. The van der Waals surface area contributed by atoms with E-state index in [1.807, 2.05) is 36.4 Å². The molecule has 30 heavy (non-hydrogen) atoms. The Morgan fingerprint density at radius 1 is 0.900 bits per heavy atom. The van der Waals surface area contributed by atoms with Gasteiger partial charge in [-0.15, -0.1) is 0 Å². The van der Waals surface area contributed by atoms with Crippen LogP contribution >= 0.6 is 0 Å². The molecule has 3 aromatic rings. The molecule has 2 N–H and O–H groups in total. The van der Waals surface area contributed by atoms with Crippen LogP contribution in [0.15, 0.2) is 89.8 Å². The predicted octanol–water partition coefficient (Wildman–Crippen LogP) is 3.19. The van der Waals surface area contributed by atoms with Gasteiger partial charge in [-0.3, -0.25) is 9.10 Å². The molecule has 0 spiro atoms. The van der Waals surface area contributed by atoms with Gasteiger partial charge in [0, 0.05) is 18.7 Å². The fourth-order valence-electron chi connectivity index (χ4n) is 2.97. The molecule has 6 nitrogen and oxygen atoms in total. The van der Waals surface area contributed by atoms with E-state index in [2.05, 4.69) is 5.32 Å². The number of amides is 1. The van der Waals surface area contributed by atoms with Crippen LogP contribution in [0.2, 0.25) is 0 Å². The lowest BCUT2D eigenvalue weighted by atomic mass is 10.2. The molecule has 0 unspecified atom stereocenters. The number of benzene rings is 3. The van der Waals surface area contributed by atoms with Gasteiger partial charge < -0.3 is 10.4 Å². The summed E-state index contributed by atoms with van der Waals surface area (Å²) in [4.78, 5) is 12.4. The molecular formula is C23H24N2O4S. The maximum atomic E-state index is 13.5. The molecular weight excluding hydrogens is 400 g/mol. The van der Waals surface area contributed by atoms with Crippen LogP contribution in [-0.2, 0) is 16.6 Å². The second-order valence-electron chi connectivity index (χ2n) is 6.69. The van der Waals surface area contributed by atoms with Crippen molar-refractivity contribution >= 4 is 21.6 Å². The van der Waals surface area contributed by atoms with Gasteiger partial charge >= 0.3 is 0 Å². The van der Waals surface area contributed by atoms with Gasteiger partial charge in [-0.2, -0.15) is 0 Å². The van der Waals surface area contributed by atoms with E-state index in [4.69, 9.17) is 5.11 Å². The van der Waals surface area contributed by atoms with E-state index in [0.29, 0.717) is 18.7 Å². The van der Waals surface area contributed by atoms with Crippen molar-refractivity contribution in [2.75, 3.05) is 17.5 Å². The third kappa shape index (κ3) is 5.25. The van der Waals surface area contributed by atoms with Crippen molar-refractivity contribution in [3.63, 3.8) is 0 Å². The fraction of sp³-hybridized carbons (Fsp3) is 0.174. The maximum absolute atomic E-state index is 13.5. The largest absolute Gasteiger partial charge is 0.396 e. The minimum Gasteiger partial charge on any atom is -0.396 e. The SMILES string of the molecule is O=C(NCCCO)c1cccc(S(=O)(=O)N(Cc2ccccc2)c2ccccc2)c1. The third-order valence-corrected chi connectivity index (χ3v) is 6.29. The minimum atomic E-state index is -3.92. The minimum absolute atomic E-state index is 0.0276. The van der Waals surface area contributed by atoms with Crippen LogP contribution in [0.5, 0.6) is 0 Å². The molecule has 0 heterocycles. The Hall–Kier alpha value is -3.16. The molecule has 0 fully saturated rings. The summed E-state index contributed by atoms with van der Waals surface area (Å²) in [6, 6.07) is 24.2. The van der Waals surface area contributed by atoms with Crippen LogP contribution in [0.25, 0.3) is 0 Å². The van der Waals surface area contributed by atoms with Crippen molar-refractivity contribution in [2.24, 2.45) is 0 Å². The number of nitrogens with one attached hydrogen (secondary N) is 1. The zero-order chi connectivity index (χ0) is 21.4. The van der Waals surface area contributed by atoms with Crippen LogP contribution in [0.1, 0.15) is 22.3 Å². The molecule has 0 saturated heterocycles. The van der Waals surface area contributed by atoms with Crippen LogP contribution < -0.4 is 9.62 Å². The first-order valence-electron chi connectivity index (χ1n) is 9.63. The average molecular weight is 425 g/mol. The molecule has 3 aromatic carbocycles. The van der Waals surface area contributed by atoms with E-state index in [1.54, 1.807) is 36.4 Å². The van der Waals surface area contributed by atoms with E-state index in [9.17, 15) is 13.2 Å². The van der Waals surface area contributed by atoms with Crippen molar-refractivity contribution < 1.29 is 18.3 Å². The molecule has 0 atom stereocenters. The number of hydrogen-bond donors (Lipinski definition) is 2. The fourth-order valence-corrected chi connectivity index (χ4v) is 4.47. The van der Waals surface area contributed by atoms with Crippen molar-refractivity contribution in [3.05, 3.63) is 96.1 Å². The van der Waals surface area contributed by atoms with E-state index in [-0.39, 0.29) is 29.5 Å². The topological polar surface area (TPSA) is 86.7 Å². The smallest absolute Gasteiger partial charge is 0.264 e. The van der Waals surface area contributed by atoms with Gasteiger partial charge in [0.25, 0.3) is 15.9 Å². The van der Waals surface area contributed by atoms with Crippen LogP contribution in [0.3, 0.4) is 0 Å². The van der Waals surface area contributed by atoms with Crippen molar-refractivity contribution in [1.82, 2.24) is 5.32 Å². The predicted molar refractivity (Wildman–Crippen MR) is 117 cm³/mol. The summed E-state index contributed by atoms with van der Waals surface area (Å²) in [5.74, 6) is -0.380. The maximum Gasteiger partial charge on any atom is 0.264 e. The highest BCUT2D eigenvalue weighted by Gasteiger charge is 2.26. The highest BCUT2D eigenvalue weighted by Crippen LogP contribution is 2.26. The van der Waals surface area contributed by atoms with Gasteiger partial charge in [-0.25, -0.2) is 8.42 Å². The zero-order valence-corrected chi connectivity index (χ0v) is 17.3. The summed E-state index contributed by atoms with van der Waals surface area (Å²) in [6.07, 6.45) is 0.433. The number of carbonyl (C=O) groups excluding carboxylic acids is 1. The van der Waals surface area contributed by atoms with Crippen LogP contribution in [0, 0.1) is 0 Å². The van der Waals surface area contributed by atoms with Gasteiger partial charge in [-0.1, -0.05) is 54.6 Å². The molecule has 7 heteroatoms. The first kappa shape index (κ1) is 21.5. The summed E-state index contributed by atoms with van der Waals surface area (Å²) in [7, 11) is -3.92. The first-order chi connectivity index (χ1) is 14.5. The Kier molecular flexibility index (Phi) is 7.21. The van der Waals surface area contributed by atoms with Gasteiger partial charge in [0.05, 0.1) is 17.1 Å². The Labute approximate surface area is 176 Å². The molecule has 3 rings (SSSR count). The monoisotopic (exact) mass is 424 g/mol. The molecule has 0 aliphatic carbocycles. The molecule has 0 aliphatic heterocycles. The number of sulfonamides is 1. The summed E-state index contributed by atoms with van der Waals surface area (Å²) < 4.78 is 28.4. The second-order valence-corrected chi connectivity index (χ2v) is 8.56. The van der Waals surface area contributed by atoms with E-state index >= 15 is 0 Å². The first-order valence-corrected chi connectivity index (χ1v) is 11.1. The zero-order valence-electron chi connectivity index (χ0n) is 16.4. The summed E-state index contributed by atoms with van der Waals surface area (Å²) in [5, 5.41) is 11.5. The number of anilines is 1. The van der Waals surface area contributed by atoms with Crippen LogP contribution in [0.4, 0.5) is 5.69 Å². The van der Waals surface area contributed by atoms with Gasteiger partial charge in [-0.05, 0) is 42.3 Å². The Bertz CT molecular complexity index is 1070. The van der Waals surface area contributed by atoms with Gasteiger partial charge in [0.2, 0.25) is 0 Å². The number of nitrogens with zero attached hydrogens (tertiary/aromatic N) is 1. The summed E-state index contributed by atoms with van der Waals surface area (Å²) >= 11 is 0. The van der Waals surface area contributed by atoms with Crippen molar-refractivity contribution in [3.8, 4) is 0 Å². The van der Waals surface area contributed by atoms with E-state index in [1.165, 1.54) is 16.4 Å². The molecule has 0 saturated carbocycles. The molecule has 156 valence electrons. The third-order valence-electron chi connectivity index (χ3n) is 4.52. The number of hydrogen-bond acceptors (Lipinski definition) is 4. The lowest BCUT2D eigenvalue weighted by Crippen LogP contribution is -2.31. The van der Waals surface area contributed by atoms with E-state index < -0.39 is 10.0 Å². The lowest BCUT2D eigenvalue weighted by Gasteiger charge is -2.25. The summed E-state index contributed by atoms with van der Waals surface area (Å²) in [6.45, 7) is 0.455. The highest BCUT2D eigenvalue weighted by molar-refractivity contribution is 7.92. The standard InChI is InChI=1S/C23H24N2O4S/c26-16-8-15-24-23(27)20-11-7-14-22(17-20)30(28,29)25(21-12-5-2-6-13-21)18-19-9-3-1-4-10-19/h1-7,9-14,17,26H,8,15-16,18H2,(H,24,27).